The van der Waals surface area contributed by atoms with Crippen LogP contribution in [0.1, 0.15) is 39.5 Å². The molecule has 0 amide bonds. The molecule has 0 aromatic heterocycles. The second kappa shape index (κ2) is 9.13. The van der Waals surface area contributed by atoms with Crippen molar-refractivity contribution in [3.8, 4) is 0 Å². The monoisotopic (exact) mass is 216 g/mol. The van der Waals surface area contributed by atoms with Gasteiger partial charge in [0.1, 0.15) is 0 Å². The largest absolute Gasteiger partial charge is 0.478 e. The molecule has 1 N–H and O–H groups in total. The van der Waals surface area contributed by atoms with E-state index in [1.165, 1.54) is 19.3 Å². The number of hydrogen-bond acceptors (Lipinski definition) is 2. The molecule has 0 fully saturated rings. The molecule has 3 heteroatoms. The fraction of sp³-hybridized carbons (Fsp3) is 0.727. The molecule has 0 spiro atoms. The fourth-order valence-corrected chi connectivity index (χ4v) is 1.97. The van der Waals surface area contributed by atoms with Gasteiger partial charge in [0, 0.05) is 11.3 Å². The first-order valence-corrected chi connectivity index (χ1v) is 6.37. The number of unbranched alkanes of at least 4 members (excludes halogenated alkanes) is 2. The van der Waals surface area contributed by atoms with Crippen molar-refractivity contribution in [1.82, 2.24) is 0 Å². The Morgan fingerprint density at radius 2 is 2.07 bits per heavy atom. The van der Waals surface area contributed by atoms with Gasteiger partial charge in [-0.05, 0) is 18.6 Å². The third-order valence-corrected chi connectivity index (χ3v) is 2.98. The van der Waals surface area contributed by atoms with Crippen molar-refractivity contribution < 1.29 is 9.90 Å². The Kier molecular flexibility index (Phi) is 8.84. The first-order valence-electron chi connectivity index (χ1n) is 5.22. The molecule has 0 bridgehead atoms. The average molecular weight is 216 g/mol. The van der Waals surface area contributed by atoms with Crippen LogP contribution < -0.4 is 0 Å². The number of rotatable bonds is 8. The lowest BCUT2D eigenvalue weighted by Crippen LogP contribution is -1.99. The summed E-state index contributed by atoms with van der Waals surface area (Å²) in [6, 6.07) is 0. The minimum Gasteiger partial charge on any atom is -0.478 e. The fourth-order valence-electron chi connectivity index (χ4n) is 1.08. The summed E-state index contributed by atoms with van der Waals surface area (Å²) in [7, 11) is 0. The van der Waals surface area contributed by atoms with Crippen LogP contribution in [0.4, 0.5) is 0 Å². The number of aliphatic carboxylic acids is 1. The van der Waals surface area contributed by atoms with E-state index in [0.29, 0.717) is 12.0 Å². The zero-order chi connectivity index (χ0) is 10.8. The van der Waals surface area contributed by atoms with Gasteiger partial charge >= 0.3 is 5.97 Å². The van der Waals surface area contributed by atoms with Crippen molar-refractivity contribution in [1.29, 1.82) is 0 Å². The van der Waals surface area contributed by atoms with E-state index in [0.717, 1.165) is 11.5 Å². The van der Waals surface area contributed by atoms with Gasteiger partial charge in [-0.25, -0.2) is 4.79 Å². The molecule has 0 aromatic carbocycles. The molecule has 0 heterocycles. The Hall–Kier alpha value is -0.440. The van der Waals surface area contributed by atoms with Gasteiger partial charge in [0.2, 0.25) is 0 Å². The van der Waals surface area contributed by atoms with Gasteiger partial charge in [0.15, 0.2) is 0 Å². The van der Waals surface area contributed by atoms with E-state index in [1.54, 1.807) is 0 Å². The second-order valence-electron chi connectivity index (χ2n) is 3.17. The molecule has 0 radical (unpaired) electrons. The van der Waals surface area contributed by atoms with Crippen LogP contribution in [0.5, 0.6) is 0 Å². The molecular formula is C11H20O2S. The minimum absolute atomic E-state index is 0.535. The van der Waals surface area contributed by atoms with Gasteiger partial charge in [-0.3, -0.25) is 0 Å². The molecule has 0 rings (SSSR count). The highest BCUT2D eigenvalue weighted by atomic mass is 32.2. The highest BCUT2D eigenvalue weighted by Gasteiger charge is 2.02. The topological polar surface area (TPSA) is 37.3 Å². The van der Waals surface area contributed by atoms with E-state index in [2.05, 4.69) is 6.92 Å². The molecule has 0 saturated carbocycles. The van der Waals surface area contributed by atoms with Crippen LogP contribution in [0.25, 0.3) is 0 Å². The van der Waals surface area contributed by atoms with E-state index < -0.39 is 5.97 Å². The zero-order valence-corrected chi connectivity index (χ0v) is 9.90. The van der Waals surface area contributed by atoms with E-state index in [9.17, 15) is 4.79 Å². The van der Waals surface area contributed by atoms with Crippen LogP contribution in [-0.2, 0) is 4.79 Å². The van der Waals surface area contributed by atoms with E-state index in [4.69, 9.17) is 5.11 Å². The average Bonchev–Trinajstić information content (AvgIpc) is 2.16. The van der Waals surface area contributed by atoms with Crippen molar-refractivity contribution in [2.75, 3.05) is 11.5 Å². The van der Waals surface area contributed by atoms with Crippen molar-refractivity contribution in [3.63, 3.8) is 0 Å². The highest BCUT2D eigenvalue weighted by molar-refractivity contribution is 7.99. The normalized spacial score (nSPS) is 11.7. The summed E-state index contributed by atoms with van der Waals surface area (Å²) in [5.41, 5.74) is 0.535. The molecule has 14 heavy (non-hydrogen) atoms. The van der Waals surface area contributed by atoms with Gasteiger partial charge in [0.05, 0.1) is 0 Å². The standard InChI is InChI=1S/C11H20O2S/c1-3-5-6-8-14-9-7-10(4-2)11(12)13/h7H,3-6,8-9H2,1-2H3,(H,12,13)/b10-7-. The Labute approximate surface area is 90.8 Å². The van der Waals surface area contributed by atoms with Gasteiger partial charge < -0.3 is 5.11 Å². The molecule has 0 aliphatic heterocycles. The lowest BCUT2D eigenvalue weighted by atomic mass is 10.2. The van der Waals surface area contributed by atoms with Gasteiger partial charge in [-0.1, -0.05) is 32.8 Å². The molecule has 0 aliphatic rings. The van der Waals surface area contributed by atoms with Gasteiger partial charge in [-0.15, -0.1) is 0 Å². The van der Waals surface area contributed by atoms with Crippen LogP contribution in [0.3, 0.4) is 0 Å². The summed E-state index contributed by atoms with van der Waals surface area (Å²) in [6.07, 6.45) is 6.20. The predicted molar refractivity (Wildman–Crippen MR) is 62.9 cm³/mol. The maximum atomic E-state index is 10.6. The molecule has 0 atom stereocenters. The van der Waals surface area contributed by atoms with Crippen molar-refractivity contribution in [2.45, 2.75) is 39.5 Å². The number of carboxylic acid groups (broad SMARTS) is 1. The summed E-state index contributed by atoms with van der Waals surface area (Å²) in [5.74, 6) is 1.20. The number of carbonyl (C=O) groups is 1. The summed E-state index contributed by atoms with van der Waals surface area (Å²) in [5, 5.41) is 8.74. The SMILES string of the molecule is CCCCCSC/C=C(/CC)C(=O)O. The summed E-state index contributed by atoms with van der Waals surface area (Å²) in [6.45, 7) is 4.06. The summed E-state index contributed by atoms with van der Waals surface area (Å²) >= 11 is 1.81. The number of carboxylic acids is 1. The maximum absolute atomic E-state index is 10.6. The van der Waals surface area contributed by atoms with Crippen LogP contribution in [-0.4, -0.2) is 22.6 Å². The number of thioether (sulfide) groups is 1. The van der Waals surface area contributed by atoms with Crippen LogP contribution in [0.15, 0.2) is 11.6 Å². The molecule has 0 aliphatic carbocycles. The van der Waals surface area contributed by atoms with Gasteiger partial charge in [0.25, 0.3) is 0 Å². The molecular weight excluding hydrogens is 196 g/mol. The second-order valence-corrected chi connectivity index (χ2v) is 4.32. The Balaban J connectivity index is 3.53. The Morgan fingerprint density at radius 3 is 2.57 bits per heavy atom. The molecule has 0 unspecified atom stereocenters. The summed E-state index contributed by atoms with van der Waals surface area (Å²) < 4.78 is 0. The zero-order valence-electron chi connectivity index (χ0n) is 9.08. The van der Waals surface area contributed by atoms with Crippen molar-refractivity contribution in [2.24, 2.45) is 0 Å². The Bertz CT molecular complexity index is 188. The van der Waals surface area contributed by atoms with Crippen molar-refractivity contribution >= 4 is 17.7 Å². The molecule has 82 valence electrons. The third kappa shape index (κ3) is 7.01. The minimum atomic E-state index is -0.776. The highest BCUT2D eigenvalue weighted by Crippen LogP contribution is 2.09. The smallest absolute Gasteiger partial charge is 0.331 e. The first-order chi connectivity index (χ1) is 6.72. The van der Waals surface area contributed by atoms with E-state index in [-0.39, 0.29) is 0 Å². The van der Waals surface area contributed by atoms with Crippen LogP contribution in [0.2, 0.25) is 0 Å². The maximum Gasteiger partial charge on any atom is 0.331 e. The quantitative estimate of drug-likeness (QED) is 0.499. The van der Waals surface area contributed by atoms with Crippen LogP contribution >= 0.6 is 11.8 Å². The molecule has 2 nitrogen and oxygen atoms in total. The van der Waals surface area contributed by atoms with Crippen LogP contribution in [0, 0.1) is 0 Å². The van der Waals surface area contributed by atoms with Gasteiger partial charge in [-0.2, -0.15) is 11.8 Å². The van der Waals surface area contributed by atoms with Crippen molar-refractivity contribution in [3.05, 3.63) is 11.6 Å². The molecule has 0 saturated heterocycles. The lowest BCUT2D eigenvalue weighted by Gasteiger charge is -1.99. The molecule has 0 aromatic rings. The Morgan fingerprint density at radius 1 is 1.36 bits per heavy atom. The predicted octanol–water partition coefficient (Wildman–Crippen LogP) is 3.33. The number of hydrogen-bond donors (Lipinski definition) is 1. The summed E-state index contributed by atoms with van der Waals surface area (Å²) in [4.78, 5) is 10.6. The third-order valence-electron chi connectivity index (χ3n) is 2.00. The lowest BCUT2D eigenvalue weighted by molar-refractivity contribution is -0.132. The van der Waals surface area contributed by atoms with E-state index >= 15 is 0 Å². The first kappa shape index (κ1) is 13.6. The van der Waals surface area contributed by atoms with E-state index in [1.807, 2.05) is 24.8 Å².